The number of aryl methyl sites for hydroxylation is 1. The minimum absolute atomic E-state index is 0.184. The number of nitrogens with two attached hydrogens (primary N) is 1. The standard InChI is InChI=1S/C15H18BrN3/c1-3-13(17)7-11-8-18-15(19-9-11)14-5-4-12(16)6-10(14)2/h4-6,8-9,13H,3,7,17H2,1-2H3. The molecule has 0 aliphatic rings. The summed E-state index contributed by atoms with van der Waals surface area (Å²) in [6.45, 7) is 4.15. The van der Waals surface area contributed by atoms with Crippen LogP contribution in [-0.2, 0) is 6.42 Å². The highest BCUT2D eigenvalue weighted by molar-refractivity contribution is 9.10. The van der Waals surface area contributed by atoms with Crippen LogP contribution >= 0.6 is 15.9 Å². The van der Waals surface area contributed by atoms with E-state index in [0.29, 0.717) is 0 Å². The van der Waals surface area contributed by atoms with Gasteiger partial charge in [0.05, 0.1) is 0 Å². The highest BCUT2D eigenvalue weighted by atomic mass is 79.9. The molecule has 1 aromatic heterocycles. The van der Waals surface area contributed by atoms with E-state index in [9.17, 15) is 0 Å². The molecule has 100 valence electrons. The molecule has 1 heterocycles. The van der Waals surface area contributed by atoms with Gasteiger partial charge in [0.25, 0.3) is 0 Å². The van der Waals surface area contributed by atoms with E-state index in [1.54, 1.807) is 0 Å². The lowest BCUT2D eigenvalue weighted by Gasteiger charge is -2.09. The lowest BCUT2D eigenvalue weighted by Crippen LogP contribution is -2.21. The van der Waals surface area contributed by atoms with E-state index < -0.39 is 0 Å². The Morgan fingerprint density at radius 1 is 1.26 bits per heavy atom. The van der Waals surface area contributed by atoms with Crippen LogP contribution in [0.3, 0.4) is 0 Å². The molecule has 4 heteroatoms. The van der Waals surface area contributed by atoms with Crippen molar-refractivity contribution < 1.29 is 0 Å². The summed E-state index contributed by atoms with van der Waals surface area (Å²) in [7, 11) is 0. The Morgan fingerprint density at radius 2 is 1.95 bits per heavy atom. The lowest BCUT2D eigenvalue weighted by atomic mass is 10.1. The molecule has 0 bridgehead atoms. The highest BCUT2D eigenvalue weighted by Gasteiger charge is 2.07. The maximum atomic E-state index is 5.93. The van der Waals surface area contributed by atoms with Crippen LogP contribution in [0.25, 0.3) is 11.4 Å². The van der Waals surface area contributed by atoms with Crippen LogP contribution in [0.1, 0.15) is 24.5 Å². The van der Waals surface area contributed by atoms with Gasteiger partial charge in [-0.1, -0.05) is 22.9 Å². The SMILES string of the molecule is CCC(N)Cc1cnc(-c2ccc(Br)cc2C)nc1. The largest absolute Gasteiger partial charge is 0.327 e. The van der Waals surface area contributed by atoms with Crippen LogP contribution in [0.2, 0.25) is 0 Å². The average Bonchev–Trinajstić information content (AvgIpc) is 2.40. The Bertz CT molecular complexity index is 552. The normalized spacial score (nSPS) is 12.4. The fourth-order valence-electron chi connectivity index (χ4n) is 1.92. The molecular weight excluding hydrogens is 302 g/mol. The summed E-state index contributed by atoms with van der Waals surface area (Å²) in [6.07, 6.45) is 5.54. The Hall–Kier alpha value is -1.26. The van der Waals surface area contributed by atoms with Crippen LogP contribution in [0.5, 0.6) is 0 Å². The van der Waals surface area contributed by atoms with E-state index in [1.165, 1.54) is 0 Å². The van der Waals surface area contributed by atoms with E-state index in [1.807, 2.05) is 24.5 Å². The minimum atomic E-state index is 0.184. The Kier molecular flexibility index (Phi) is 4.66. The zero-order valence-electron chi connectivity index (χ0n) is 11.2. The number of hydrogen-bond acceptors (Lipinski definition) is 3. The first-order valence-corrected chi connectivity index (χ1v) is 7.22. The predicted molar refractivity (Wildman–Crippen MR) is 81.9 cm³/mol. The molecule has 0 amide bonds. The van der Waals surface area contributed by atoms with Crippen molar-refractivity contribution in [1.29, 1.82) is 0 Å². The molecule has 0 saturated heterocycles. The summed E-state index contributed by atoms with van der Waals surface area (Å²) in [5.41, 5.74) is 9.25. The van der Waals surface area contributed by atoms with Gasteiger partial charge in [0.1, 0.15) is 0 Å². The highest BCUT2D eigenvalue weighted by Crippen LogP contribution is 2.23. The second kappa shape index (κ2) is 6.26. The maximum absolute atomic E-state index is 5.93. The van der Waals surface area contributed by atoms with Gasteiger partial charge >= 0.3 is 0 Å². The molecule has 2 N–H and O–H groups in total. The smallest absolute Gasteiger partial charge is 0.159 e. The van der Waals surface area contributed by atoms with Crippen LogP contribution in [-0.4, -0.2) is 16.0 Å². The molecule has 0 aliphatic heterocycles. The molecule has 1 aromatic carbocycles. The van der Waals surface area contributed by atoms with E-state index in [4.69, 9.17) is 5.73 Å². The van der Waals surface area contributed by atoms with Gasteiger partial charge in [-0.2, -0.15) is 0 Å². The molecule has 1 unspecified atom stereocenters. The van der Waals surface area contributed by atoms with Crippen LogP contribution in [0, 0.1) is 6.92 Å². The van der Waals surface area contributed by atoms with Crippen molar-refractivity contribution in [3.63, 3.8) is 0 Å². The third-order valence-electron chi connectivity index (χ3n) is 3.16. The first kappa shape index (κ1) is 14.2. The summed E-state index contributed by atoms with van der Waals surface area (Å²) in [4.78, 5) is 8.89. The quantitative estimate of drug-likeness (QED) is 0.938. The topological polar surface area (TPSA) is 51.8 Å². The number of benzene rings is 1. The number of halogens is 1. The summed E-state index contributed by atoms with van der Waals surface area (Å²) in [5, 5.41) is 0. The molecule has 0 fully saturated rings. The second-order valence-electron chi connectivity index (χ2n) is 4.75. The maximum Gasteiger partial charge on any atom is 0.159 e. The van der Waals surface area contributed by atoms with E-state index in [-0.39, 0.29) is 6.04 Å². The lowest BCUT2D eigenvalue weighted by molar-refractivity contribution is 0.643. The van der Waals surface area contributed by atoms with Gasteiger partial charge in [0, 0.05) is 28.5 Å². The predicted octanol–water partition coefficient (Wildman–Crippen LogP) is 3.49. The van der Waals surface area contributed by atoms with Crippen molar-refractivity contribution in [2.45, 2.75) is 32.7 Å². The molecular formula is C15H18BrN3. The summed E-state index contributed by atoms with van der Waals surface area (Å²) >= 11 is 3.46. The van der Waals surface area contributed by atoms with Crippen molar-refractivity contribution in [2.75, 3.05) is 0 Å². The first-order chi connectivity index (χ1) is 9.10. The fourth-order valence-corrected chi connectivity index (χ4v) is 2.40. The van der Waals surface area contributed by atoms with Gasteiger partial charge in [-0.25, -0.2) is 9.97 Å². The van der Waals surface area contributed by atoms with Crippen molar-refractivity contribution >= 4 is 15.9 Å². The monoisotopic (exact) mass is 319 g/mol. The zero-order chi connectivity index (χ0) is 13.8. The van der Waals surface area contributed by atoms with E-state index >= 15 is 0 Å². The second-order valence-corrected chi connectivity index (χ2v) is 5.66. The van der Waals surface area contributed by atoms with Crippen LogP contribution < -0.4 is 5.73 Å². The Balaban J connectivity index is 2.22. The van der Waals surface area contributed by atoms with E-state index in [0.717, 1.165) is 39.8 Å². The Morgan fingerprint density at radius 3 is 2.53 bits per heavy atom. The van der Waals surface area contributed by atoms with Gasteiger partial charge in [-0.05, 0) is 49.1 Å². The van der Waals surface area contributed by atoms with Gasteiger partial charge in [0.2, 0.25) is 0 Å². The van der Waals surface area contributed by atoms with Crippen molar-refractivity contribution in [3.05, 3.63) is 46.2 Å². The molecule has 0 aliphatic carbocycles. The van der Waals surface area contributed by atoms with Gasteiger partial charge < -0.3 is 5.73 Å². The zero-order valence-corrected chi connectivity index (χ0v) is 12.8. The molecule has 0 saturated carbocycles. The number of aromatic nitrogens is 2. The summed E-state index contributed by atoms with van der Waals surface area (Å²) < 4.78 is 1.07. The number of rotatable bonds is 4. The summed E-state index contributed by atoms with van der Waals surface area (Å²) in [5.74, 6) is 0.763. The molecule has 3 nitrogen and oxygen atoms in total. The van der Waals surface area contributed by atoms with Gasteiger partial charge in [-0.15, -0.1) is 0 Å². The van der Waals surface area contributed by atoms with Crippen LogP contribution in [0.15, 0.2) is 35.1 Å². The van der Waals surface area contributed by atoms with E-state index in [2.05, 4.69) is 45.8 Å². The molecule has 2 aromatic rings. The Labute approximate surface area is 122 Å². The summed E-state index contributed by atoms with van der Waals surface area (Å²) in [6, 6.07) is 6.29. The van der Waals surface area contributed by atoms with Gasteiger partial charge in [0.15, 0.2) is 5.82 Å². The molecule has 0 spiro atoms. The van der Waals surface area contributed by atoms with Crippen molar-refractivity contribution in [3.8, 4) is 11.4 Å². The third-order valence-corrected chi connectivity index (χ3v) is 3.65. The molecule has 19 heavy (non-hydrogen) atoms. The van der Waals surface area contributed by atoms with Gasteiger partial charge in [-0.3, -0.25) is 0 Å². The third kappa shape index (κ3) is 3.61. The average molecular weight is 320 g/mol. The van der Waals surface area contributed by atoms with Crippen molar-refractivity contribution in [2.24, 2.45) is 5.73 Å². The van der Waals surface area contributed by atoms with Crippen molar-refractivity contribution in [1.82, 2.24) is 9.97 Å². The first-order valence-electron chi connectivity index (χ1n) is 6.43. The van der Waals surface area contributed by atoms with Crippen LogP contribution in [0.4, 0.5) is 0 Å². The molecule has 1 atom stereocenters. The number of hydrogen-bond donors (Lipinski definition) is 1. The number of nitrogens with zero attached hydrogens (tertiary/aromatic N) is 2. The minimum Gasteiger partial charge on any atom is -0.327 e. The molecule has 2 rings (SSSR count). The fraction of sp³-hybridized carbons (Fsp3) is 0.333. The molecule has 0 radical (unpaired) electrons.